The molecule has 1 fully saturated rings. The van der Waals surface area contributed by atoms with Gasteiger partial charge in [0.2, 0.25) is 10.0 Å². The number of pyridine rings is 1. The Bertz CT molecular complexity index is 1470. The lowest BCUT2D eigenvalue weighted by Crippen LogP contribution is -2.38. The molecule has 11 heteroatoms. The van der Waals surface area contributed by atoms with Gasteiger partial charge in [0.1, 0.15) is 4.75 Å². The molecule has 0 radical (unpaired) electrons. The molecule has 3 aromatic rings. The Morgan fingerprint density at radius 1 is 1.31 bits per heavy atom. The van der Waals surface area contributed by atoms with Crippen molar-refractivity contribution in [2.24, 2.45) is 0 Å². The fraction of sp³-hybridized carbons (Fsp3) is 0.400. The molecular weight excluding hydrogens is 505 g/mol. The molecule has 3 aromatic heterocycles. The van der Waals surface area contributed by atoms with Crippen molar-refractivity contribution in [2.45, 2.75) is 55.9 Å². The highest BCUT2D eigenvalue weighted by Gasteiger charge is 2.40. The van der Waals surface area contributed by atoms with Crippen LogP contribution in [0.3, 0.4) is 0 Å². The quantitative estimate of drug-likeness (QED) is 0.476. The zero-order valence-corrected chi connectivity index (χ0v) is 21.6. The van der Waals surface area contributed by atoms with Crippen LogP contribution in [0.2, 0.25) is 0 Å². The van der Waals surface area contributed by atoms with Gasteiger partial charge in [-0.1, -0.05) is 17.7 Å². The molecule has 190 valence electrons. The van der Waals surface area contributed by atoms with Crippen LogP contribution < -0.4 is 5.32 Å². The summed E-state index contributed by atoms with van der Waals surface area (Å²) in [5.41, 5.74) is 0.679. The highest BCUT2D eigenvalue weighted by molar-refractivity contribution is 7.91. The molecule has 0 bridgehead atoms. The van der Waals surface area contributed by atoms with Crippen LogP contribution in [-0.2, 0) is 14.8 Å². The van der Waals surface area contributed by atoms with Gasteiger partial charge in [-0.05, 0) is 63.3 Å². The minimum atomic E-state index is -3.98. The van der Waals surface area contributed by atoms with E-state index >= 15 is 0 Å². The van der Waals surface area contributed by atoms with Crippen molar-refractivity contribution >= 4 is 38.5 Å². The Hall–Kier alpha value is -2.82. The molecule has 5 rings (SSSR count). The van der Waals surface area contributed by atoms with Crippen LogP contribution in [0.25, 0.3) is 22.4 Å². The summed E-state index contributed by atoms with van der Waals surface area (Å²) in [6.45, 7) is 1.62. The zero-order chi connectivity index (χ0) is 25.5. The van der Waals surface area contributed by atoms with Gasteiger partial charge < -0.3 is 10.1 Å². The van der Waals surface area contributed by atoms with Crippen molar-refractivity contribution in [3.63, 3.8) is 0 Å². The van der Waals surface area contributed by atoms with Crippen molar-refractivity contribution in [2.75, 3.05) is 12.4 Å². The third-order valence-electron chi connectivity index (χ3n) is 6.91. The zero-order valence-electron chi connectivity index (χ0n) is 20.0. The fourth-order valence-electron chi connectivity index (χ4n) is 4.88. The number of anilines is 1. The summed E-state index contributed by atoms with van der Waals surface area (Å²) >= 11 is 6.16. The topological polar surface area (TPSA) is 99.0 Å². The summed E-state index contributed by atoms with van der Waals surface area (Å²) in [5, 5.41) is 4.09. The van der Waals surface area contributed by atoms with Crippen molar-refractivity contribution in [3.8, 4) is 11.4 Å². The molecular formula is C25H27ClFN5O3S. The average Bonchev–Trinajstić information content (AvgIpc) is 3.26. The molecule has 1 N–H and O–H groups in total. The van der Waals surface area contributed by atoms with Gasteiger partial charge >= 0.3 is 0 Å². The first-order chi connectivity index (χ1) is 17.2. The van der Waals surface area contributed by atoms with E-state index in [-0.39, 0.29) is 35.9 Å². The lowest BCUT2D eigenvalue weighted by Gasteiger charge is -2.29. The second-order valence-electron chi connectivity index (χ2n) is 9.42. The highest BCUT2D eigenvalue weighted by Crippen LogP contribution is 2.36. The SMILES string of the molecule is COC1CCC[C@H](Nc2nc(-c3cn(S(=O)(=O)C4(C)C=C(Cl)C=CC4)c4ncccc34)ncc2F)C1. The highest BCUT2D eigenvalue weighted by atomic mass is 35.5. The number of ether oxygens (including phenoxy) is 1. The average molecular weight is 532 g/mol. The molecule has 2 aliphatic rings. The molecule has 8 nitrogen and oxygen atoms in total. The van der Waals surface area contributed by atoms with Crippen LogP contribution in [0.5, 0.6) is 0 Å². The molecule has 3 atom stereocenters. The van der Waals surface area contributed by atoms with Crippen molar-refractivity contribution in [1.82, 2.24) is 18.9 Å². The van der Waals surface area contributed by atoms with Crippen LogP contribution in [0, 0.1) is 5.82 Å². The minimum absolute atomic E-state index is 0.0141. The monoisotopic (exact) mass is 531 g/mol. The van der Waals surface area contributed by atoms with E-state index in [2.05, 4.69) is 20.3 Å². The van der Waals surface area contributed by atoms with Crippen molar-refractivity contribution in [3.05, 3.63) is 59.8 Å². The van der Waals surface area contributed by atoms with E-state index in [1.165, 1.54) is 18.5 Å². The number of methoxy groups -OCH3 is 1. The van der Waals surface area contributed by atoms with E-state index in [1.807, 2.05) is 0 Å². The number of hydrogen-bond donors (Lipinski definition) is 1. The van der Waals surface area contributed by atoms with Gasteiger partial charge in [0.15, 0.2) is 23.1 Å². The largest absolute Gasteiger partial charge is 0.381 e. The maximum absolute atomic E-state index is 14.7. The number of allylic oxidation sites excluding steroid dienone is 3. The van der Waals surface area contributed by atoms with Crippen LogP contribution in [0.15, 0.2) is 54.0 Å². The number of nitrogens with one attached hydrogen (secondary N) is 1. The molecule has 36 heavy (non-hydrogen) atoms. The molecule has 1 saturated carbocycles. The molecule has 3 heterocycles. The van der Waals surface area contributed by atoms with E-state index in [1.54, 1.807) is 38.3 Å². The number of aromatic nitrogens is 4. The lowest BCUT2D eigenvalue weighted by molar-refractivity contribution is 0.0668. The number of nitrogens with zero attached hydrogens (tertiary/aromatic N) is 4. The van der Waals surface area contributed by atoms with E-state index < -0.39 is 20.6 Å². The van der Waals surface area contributed by atoms with Crippen LogP contribution in [-0.4, -0.2) is 51.3 Å². The molecule has 0 aromatic carbocycles. The van der Waals surface area contributed by atoms with E-state index in [4.69, 9.17) is 16.3 Å². The normalized spacial score (nSPS) is 24.6. The maximum atomic E-state index is 14.7. The number of fused-ring (bicyclic) bond motifs is 1. The summed E-state index contributed by atoms with van der Waals surface area (Å²) in [5.74, 6) is -0.297. The first-order valence-corrected chi connectivity index (χ1v) is 13.6. The Kier molecular flexibility index (Phi) is 6.61. The standard InChI is InChI=1S/C25H27ClFN5O3S/c1-25(10-4-6-16(26)13-25)36(33,34)32-15-20(19-9-5-11-28-24(19)32)22-29-14-21(27)23(31-22)30-17-7-3-8-18(12-17)35-2/h4-6,9,11,13-15,17-18H,3,7-8,10,12H2,1-2H3,(H,29,30,31)/t17-,18?,25?/m0/s1. The molecule has 0 aliphatic heterocycles. The number of halogens is 2. The molecule has 2 aliphatic carbocycles. The second kappa shape index (κ2) is 9.57. The number of rotatable bonds is 6. The van der Waals surface area contributed by atoms with Crippen molar-refractivity contribution < 1.29 is 17.5 Å². The molecule has 2 unspecified atom stereocenters. The van der Waals surface area contributed by atoms with Gasteiger partial charge in [-0.15, -0.1) is 0 Å². The van der Waals surface area contributed by atoms with Crippen LogP contribution in [0.4, 0.5) is 10.2 Å². The van der Waals surface area contributed by atoms with Gasteiger partial charge in [-0.3, -0.25) is 0 Å². The lowest BCUT2D eigenvalue weighted by atomic mass is 9.93. The summed E-state index contributed by atoms with van der Waals surface area (Å²) in [7, 11) is -2.29. The van der Waals surface area contributed by atoms with Crippen molar-refractivity contribution in [1.29, 1.82) is 0 Å². The fourth-order valence-corrected chi connectivity index (χ4v) is 6.93. The van der Waals surface area contributed by atoms with Gasteiger partial charge in [-0.2, -0.15) is 0 Å². The molecule has 0 amide bonds. The predicted molar refractivity (Wildman–Crippen MR) is 138 cm³/mol. The predicted octanol–water partition coefficient (Wildman–Crippen LogP) is 5.02. The van der Waals surface area contributed by atoms with E-state index in [0.29, 0.717) is 16.0 Å². The van der Waals surface area contributed by atoms with E-state index in [0.717, 1.165) is 35.9 Å². The third kappa shape index (κ3) is 4.42. The van der Waals surface area contributed by atoms with Crippen LogP contribution in [0.1, 0.15) is 39.0 Å². The Morgan fingerprint density at radius 2 is 2.14 bits per heavy atom. The van der Waals surface area contributed by atoms with Gasteiger partial charge in [0.25, 0.3) is 0 Å². The third-order valence-corrected chi connectivity index (χ3v) is 9.40. The Balaban J connectivity index is 1.56. The van der Waals surface area contributed by atoms with Gasteiger partial charge in [0, 0.05) is 41.5 Å². The summed E-state index contributed by atoms with van der Waals surface area (Å²) in [4.78, 5) is 13.0. The Morgan fingerprint density at radius 3 is 2.92 bits per heavy atom. The first kappa shape index (κ1) is 24.9. The number of hydrogen-bond acceptors (Lipinski definition) is 7. The van der Waals surface area contributed by atoms with E-state index in [9.17, 15) is 12.8 Å². The summed E-state index contributed by atoms with van der Waals surface area (Å²) in [6.07, 6.45) is 13.0. The maximum Gasteiger partial charge on any atom is 0.249 e. The second-order valence-corrected chi connectivity index (χ2v) is 12.1. The van der Waals surface area contributed by atoms with Crippen LogP contribution >= 0.6 is 11.6 Å². The molecule has 0 saturated heterocycles. The molecule has 0 spiro atoms. The minimum Gasteiger partial charge on any atom is -0.381 e. The van der Waals surface area contributed by atoms with Gasteiger partial charge in [-0.25, -0.2) is 31.7 Å². The smallest absolute Gasteiger partial charge is 0.249 e. The summed E-state index contributed by atoms with van der Waals surface area (Å²) < 4.78 is 47.7. The summed E-state index contributed by atoms with van der Waals surface area (Å²) in [6, 6.07) is 3.47. The van der Waals surface area contributed by atoms with Gasteiger partial charge in [0.05, 0.1) is 12.3 Å². The Labute approximate surface area is 214 Å². The first-order valence-electron chi connectivity index (χ1n) is 11.8.